The molecule has 0 aliphatic carbocycles. The van der Waals surface area contributed by atoms with Crippen LogP contribution in [0.4, 0.5) is 0 Å². The van der Waals surface area contributed by atoms with Crippen molar-refractivity contribution in [3.8, 4) is 11.5 Å². The lowest BCUT2D eigenvalue weighted by Crippen LogP contribution is -2.38. The molecule has 0 saturated heterocycles. The van der Waals surface area contributed by atoms with Crippen LogP contribution >= 0.6 is 0 Å². The molecule has 0 radical (unpaired) electrons. The fraction of sp³-hybridized carbons (Fsp3) is 0.278. The number of rotatable bonds is 4. The second-order valence-electron chi connectivity index (χ2n) is 5.30. The average Bonchev–Trinajstić information content (AvgIpc) is 2.59. The summed E-state index contributed by atoms with van der Waals surface area (Å²) >= 11 is 0. The Bertz CT molecular complexity index is 669. The highest BCUT2D eigenvalue weighted by Gasteiger charge is 2.20. The van der Waals surface area contributed by atoms with Gasteiger partial charge in [0.2, 0.25) is 0 Å². The summed E-state index contributed by atoms with van der Waals surface area (Å²) in [7, 11) is 1.61. The molecule has 1 aliphatic rings. The molecule has 0 N–H and O–H groups in total. The van der Waals surface area contributed by atoms with Crippen LogP contribution in [0.5, 0.6) is 11.5 Å². The third kappa shape index (κ3) is 3.22. The van der Waals surface area contributed by atoms with Gasteiger partial charge in [-0.05, 0) is 29.7 Å². The van der Waals surface area contributed by atoms with Gasteiger partial charge in [-0.1, -0.05) is 30.3 Å². The van der Waals surface area contributed by atoms with Crippen LogP contribution in [0.3, 0.4) is 0 Å². The largest absolute Gasteiger partial charge is 0.497 e. The minimum atomic E-state index is 0.0114. The standard InChI is InChI=1S/C18H19NO3/c1-21-16-7-4-8-17(11-16)22-13-18(20)19-10-9-14-5-2-3-6-15(14)12-19/h2-8,11H,9-10,12-13H2,1H3. The van der Waals surface area contributed by atoms with Gasteiger partial charge in [-0.3, -0.25) is 4.79 Å². The Morgan fingerprint density at radius 1 is 1.09 bits per heavy atom. The second kappa shape index (κ2) is 6.52. The van der Waals surface area contributed by atoms with Gasteiger partial charge in [-0.25, -0.2) is 0 Å². The van der Waals surface area contributed by atoms with Crippen molar-refractivity contribution in [1.82, 2.24) is 4.90 Å². The first-order valence-corrected chi connectivity index (χ1v) is 7.37. The van der Waals surface area contributed by atoms with Gasteiger partial charge in [0.15, 0.2) is 6.61 Å². The molecule has 1 aliphatic heterocycles. The number of hydrogen-bond acceptors (Lipinski definition) is 3. The van der Waals surface area contributed by atoms with Crippen molar-refractivity contribution in [2.75, 3.05) is 20.3 Å². The lowest BCUT2D eigenvalue weighted by atomic mass is 10.00. The smallest absolute Gasteiger partial charge is 0.260 e. The maximum Gasteiger partial charge on any atom is 0.260 e. The van der Waals surface area contributed by atoms with Crippen LogP contribution in [0.15, 0.2) is 48.5 Å². The molecule has 0 spiro atoms. The molecule has 3 rings (SSSR count). The van der Waals surface area contributed by atoms with Crippen molar-refractivity contribution in [1.29, 1.82) is 0 Å². The molecule has 114 valence electrons. The fourth-order valence-electron chi connectivity index (χ4n) is 2.64. The highest BCUT2D eigenvalue weighted by atomic mass is 16.5. The molecule has 2 aromatic carbocycles. The molecule has 22 heavy (non-hydrogen) atoms. The summed E-state index contributed by atoms with van der Waals surface area (Å²) in [6, 6.07) is 15.6. The number of hydrogen-bond donors (Lipinski definition) is 0. The highest BCUT2D eigenvalue weighted by molar-refractivity contribution is 5.78. The van der Waals surface area contributed by atoms with Gasteiger partial charge in [0, 0.05) is 19.2 Å². The molecule has 0 atom stereocenters. The van der Waals surface area contributed by atoms with Crippen LogP contribution in [-0.4, -0.2) is 31.1 Å². The minimum absolute atomic E-state index is 0.0114. The Kier molecular flexibility index (Phi) is 4.28. The maximum absolute atomic E-state index is 12.3. The van der Waals surface area contributed by atoms with E-state index in [9.17, 15) is 4.79 Å². The van der Waals surface area contributed by atoms with Crippen LogP contribution in [0.2, 0.25) is 0 Å². The maximum atomic E-state index is 12.3. The third-order valence-electron chi connectivity index (χ3n) is 3.89. The van der Waals surface area contributed by atoms with Gasteiger partial charge in [-0.15, -0.1) is 0 Å². The van der Waals surface area contributed by atoms with Crippen molar-refractivity contribution in [2.24, 2.45) is 0 Å². The molecular formula is C18H19NO3. The molecule has 1 amide bonds. The Balaban J connectivity index is 1.59. The third-order valence-corrected chi connectivity index (χ3v) is 3.89. The SMILES string of the molecule is COc1cccc(OCC(=O)N2CCc3ccccc3C2)c1. The van der Waals surface area contributed by atoms with Gasteiger partial charge in [0.1, 0.15) is 11.5 Å². The van der Waals surface area contributed by atoms with E-state index in [2.05, 4.69) is 12.1 Å². The Morgan fingerprint density at radius 3 is 2.68 bits per heavy atom. The number of carbonyl (C=O) groups is 1. The van der Waals surface area contributed by atoms with E-state index in [1.807, 2.05) is 35.2 Å². The van der Waals surface area contributed by atoms with E-state index in [-0.39, 0.29) is 12.5 Å². The van der Waals surface area contributed by atoms with Crippen LogP contribution in [0.1, 0.15) is 11.1 Å². The first-order valence-electron chi connectivity index (χ1n) is 7.37. The molecule has 2 aromatic rings. The number of nitrogens with zero attached hydrogens (tertiary/aromatic N) is 1. The van der Waals surface area contributed by atoms with Gasteiger partial charge in [0.05, 0.1) is 7.11 Å². The normalized spacial score (nSPS) is 13.4. The van der Waals surface area contributed by atoms with Crippen LogP contribution in [0.25, 0.3) is 0 Å². The molecule has 0 unspecified atom stereocenters. The lowest BCUT2D eigenvalue weighted by Gasteiger charge is -2.28. The van der Waals surface area contributed by atoms with E-state index < -0.39 is 0 Å². The van der Waals surface area contributed by atoms with E-state index in [1.165, 1.54) is 11.1 Å². The summed E-state index contributed by atoms with van der Waals surface area (Å²) in [5.74, 6) is 1.37. The average molecular weight is 297 g/mol. The van der Waals surface area contributed by atoms with Gasteiger partial charge in [-0.2, -0.15) is 0 Å². The first-order chi connectivity index (χ1) is 10.8. The first kappa shape index (κ1) is 14.4. The van der Waals surface area contributed by atoms with Crippen molar-refractivity contribution in [3.05, 3.63) is 59.7 Å². The molecule has 4 nitrogen and oxygen atoms in total. The summed E-state index contributed by atoms with van der Waals surface area (Å²) in [5, 5.41) is 0. The quantitative estimate of drug-likeness (QED) is 0.871. The summed E-state index contributed by atoms with van der Waals surface area (Å²) in [6.45, 7) is 1.46. The second-order valence-corrected chi connectivity index (χ2v) is 5.30. The molecule has 4 heteroatoms. The molecular weight excluding hydrogens is 278 g/mol. The zero-order valence-electron chi connectivity index (χ0n) is 12.6. The van der Waals surface area contributed by atoms with Crippen molar-refractivity contribution in [3.63, 3.8) is 0 Å². The van der Waals surface area contributed by atoms with Crippen molar-refractivity contribution in [2.45, 2.75) is 13.0 Å². The zero-order valence-corrected chi connectivity index (χ0v) is 12.6. The Hall–Kier alpha value is -2.49. The Morgan fingerprint density at radius 2 is 1.86 bits per heavy atom. The fourth-order valence-corrected chi connectivity index (χ4v) is 2.64. The molecule has 0 saturated carbocycles. The predicted octanol–water partition coefficient (Wildman–Crippen LogP) is 2.66. The molecule has 0 bridgehead atoms. The van der Waals surface area contributed by atoms with Gasteiger partial charge in [0.25, 0.3) is 5.91 Å². The summed E-state index contributed by atoms with van der Waals surface area (Å²) in [6.07, 6.45) is 0.904. The van der Waals surface area contributed by atoms with E-state index in [0.29, 0.717) is 12.3 Å². The molecule has 0 aromatic heterocycles. The van der Waals surface area contributed by atoms with Crippen molar-refractivity contribution < 1.29 is 14.3 Å². The number of fused-ring (bicyclic) bond motifs is 1. The molecule has 1 heterocycles. The van der Waals surface area contributed by atoms with E-state index in [4.69, 9.17) is 9.47 Å². The monoisotopic (exact) mass is 297 g/mol. The Labute approximate surface area is 130 Å². The predicted molar refractivity (Wildman–Crippen MR) is 84.1 cm³/mol. The summed E-state index contributed by atoms with van der Waals surface area (Å²) in [5.41, 5.74) is 2.56. The highest BCUT2D eigenvalue weighted by Crippen LogP contribution is 2.20. The summed E-state index contributed by atoms with van der Waals surface area (Å²) < 4.78 is 10.7. The lowest BCUT2D eigenvalue weighted by molar-refractivity contribution is -0.134. The number of carbonyl (C=O) groups excluding carboxylic acids is 1. The topological polar surface area (TPSA) is 38.8 Å². The number of amides is 1. The summed E-state index contributed by atoms with van der Waals surface area (Å²) in [4.78, 5) is 14.2. The number of benzene rings is 2. The number of methoxy groups -OCH3 is 1. The number of ether oxygens (including phenoxy) is 2. The van der Waals surface area contributed by atoms with Crippen molar-refractivity contribution >= 4 is 5.91 Å². The van der Waals surface area contributed by atoms with E-state index in [0.717, 1.165) is 18.7 Å². The van der Waals surface area contributed by atoms with Gasteiger partial charge < -0.3 is 14.4 Å². The zero-order chi connectivity index (χ0) is 15.4. The minimum Gasteiger partial charge on any atom is -0.497 e. The van der Waals surface area contributed by atoms with Crippen LogP contribution in [-0.2, 0) is 17.8 Å². The van der Waals surface area contributed by atoms with E-state index >= 15 is 0 Å². The van der Waals surface area contributed by atoms with Crippen LogP contribution < -0.4 is 9.47 Å². The van der Waals surface area contributed by atoms with Crippen LogP contribution in [0, 0.1) is 0 Å². The molecule has 0 fully saturated rings. The van der Waals surface area contributed by atoms with Gasteiger partial charge >= 0.3 is 0 Å². The van der Waals surface area contributed by atoms with E-state index in [1.54, 1.807) is 13.2 Å².